The van der Waals surface area contributed by atoms with Crippen molar-refractivity contribution in [3.05, 3.63) is 29.8 Å². The molecule has 1 heterocycles. The number of benzene rings is 1. The van der Waals surface area contributed by atoms with Crippen LogP contribution < -0.4 is 10.6 Å². The van der Waals surface area contributed by atoms with E-state index in [-0.39, 0.29) is 0 Å². The normalized spacial score (nSPS) is 19.6. The minimum absolute atomic E-state index is 0.343. The highest BCUT2D eigenvalue weighted by Crippen LogP contribution is 2.18. The van der Waals surface area contributed by atoms with Crippen molar-refractivity contribution in [2.45, 2.75) is 49.5 Å². The van der Waals surface area contributed by atoms with Crippen LogP contribution in [0.3, 0.4) is 0 Å². The van der Waals surface area contributed by atoms with Gasteiger partial charge in [0.15, 0.2) is 5.11 Å². The van der Waals surface area contributed by atoms with Gasteiger partial charge in [-0.2, -0.15) is 4.31 Å². The van der Waals surface area contributed by atoms with E-state index in [1.54, 1.807) is 12.1 Å². The molecule has 2 fully saturated rings. The first kappa shape index (κ1) is 20.5. The van der Waals surface area contributed by atoms with Crippen LogP contribution >= 0.6 is 12.2 Å². The summed E-state index contributed by atoms with van der Waals surface area (Å²) in [4.78, 5) is 0.343. The zero-order valence-electron chi connectivity index (χ0n) is 15.7. The molecule has 150 valence electrons. The first-order valence-corrected chi connectivity index (χ1v) is 11.6. The molecular formula is C19H29N3O3S2. The van der Waals surface area contributed by atoms with Crippen molar-refractivity contribution < 1.29 is 13.2 Å². The Hall–Kier alpha value is -1.22. The second-order valence-corrected chi connectivity index (χ2v) is 9.49. The van der Waals surface area contributed by atoms with Gasteiger partial charge >= 0.3 is 0 Å². The maximum Gasteiger partial charge on any atom is 0.243 e. The van der Waals surface area contributed by atoms with Gasteiger partial charge in [0.05, 0.1) is 18.1 Å². The second-order valence-electron chi connectivity index (χ2n) is 7.15. The fourth-order valence-corrected chi connectivity index (χ4v) is 5.24. The third kappa shape index (κ3) is 5.88. The van der Waals surface area contributed by atoms with Gasteiger partial charge < -0.3 is 15.4 Å². The molecule has 1 saturated carbocycles. The van der Waals surface area contributed by atoms with E-state index in [0.29, 0.717) is 42.4 Å². The van der Waals surface area contributed by atoms with E-state index in [0.717, 1.165) is 18.5 Å². The van der Waals surface area contributed by atoms with Gasteiger partial charge in [-0.05, 0) is 49.2 Å². The molecule has 2 N–H and O–H groups in total. The Labute approximate surface area is 167 Å². The lowest BCUT2D eigenvalue weighted by Crippen LogP contribution is -2.43. The van der Waals surface area contributed by atoms with Crippen LogP contribution in [0.5, 0.6) is 0 Å². The van der Waals surface area contributed by atoms with Crippen molar-refractivity contribution in [2.24, 2.45) is 0 Å². The van der Waals surface area contributed by atoms with Crippen LogP contribution in [0.15, 0.2) is 29.2 Å². The summed E-state index contributed by atoms with van der Waals surface area (Å²) in [7, 11) is -3.42. The molecule has 27 heavy (non-hydrogen) atoms. The first-order valence-electron chi connectivity index (χ1n) is 9.77. The standard InChI is InChI=1S/C19H29N3O3S2/c23-27(24,22-12-14-25-15-13-22)18-8-6-16(7-9-18)10-11-20-19(26)21-17-4-2-1-3-5-17/h6-9,17H,1-5,10-15H2,(H2,20,21,26). The molecule has 0 atom stereocenters. The number of sulfonamides is 1. The highest BCUT2D eigenvalue weighted by molar-refractivity contribution is 7.89. The van der Waals surface area contributed by atoms with Crippen LogP contribution in [0.25, 0.3) is 0 Å². The average Bonchev–Trinajstić information content (AvgIpc) is 2.70. The lowest BCUT2D eigenvalue weighted by molar-refractivity contribution is 0.0730. The van der Waals surface area contributed by atoms with E-state index in [1.807, 2.05) is 12.1 Å². The fraction of sp³-hybridized carbons (Fsp3) is 0.632. The van der Waals surface area contributed by atoms with Crippen molar-refractivity contribution >= 4 is 27.4 Å². The Bertz CT molecular complexity index is 710. The number of hydrogen-bond donors (Lipinski definition) is 2. The molecule has 3 rings (SSSR count). The van der Waals surface area contributed by atoms with Crippen LogP contribution in [-0.2, 0) is 21.2 Å². The molecule has 0 spiro atoms. The average molecular weight is 412 g/mol. The molecule has 1 aromatic rings. The Morgan fingerprint density at radius 3 is 2.44 bits per heavy atom. The highest BCUT2D eigenvalue weighted by Gasteiger charge is 2.26. The van der Waals surface area contributed by atoms with Gasteiger partial charge in [-0.1, -0.05) is 31.4 Å². The third-order valence-electron chi connectivity index (χ3n) is 5.17. The Kier molecular flexibility index (Phi) is 7.46. The number of nitrogens with one attached hydrogen (secondary N) is 2. The number of nitrogens with zero attached hydrogens (tertiary/aromatic N) is 1. The first-order chi connectivity index (χ1) is 13.1. The molecule has 8 heteroatoms. The lowest BCUT2D eigenvalue weighted by Gasteiger charge is -2.26. The van der Waals surface area contributed by atoms with Crippen LogP contribution in [0.2, 0.25) is 0 Å². The number of morpholine rings is 1. The Morgan fingerprint density at radius 1 is 1.11 bits per heavy atom. The summed E-state index contributed by atoms with van der Waals surface area (Å²) in [6.45, 7) is 2.47. The van der Waals surface area contributed by atoms with Crippen molar-refractivity contribution in [1.29, 1.82) is 0 Å². The summed E-state index contributed by atoms with van der Waals surface area (Å²) in [6, 6.07) is 7.65. The molecule has 1 saturated heterocycles. The molecule has 1 aliphatic heterocycles. The molecule has 2 aliphatic rings. The smallest absolute Gasteiger partial charge is 0.243 e. The summed E-state index contributed by atoms with van der Waals surface area (Å²) in [5, 5.41) is 7.37. The summed E-state index contributed by atoms with van der Waals surface area (Å²) in [5.74, 6) is 0. The zero-order chi connectivity index (χ0) is 19.1. The minimum Gasteiger partial charge on any atom is -0.379 e. The van der Waals surface area contributed by atoms with E-state index in [1.165, 1.54) is 36.4 Å². The predicted octanol–water partition coefficient (Wildman–Crippen LogP) is 2.05. The highest BCUT2D eigenvalue weighted by atomic mass is 32.2. The van der Waals surface area contributed by atoms with Crippen LogP contribution in [0.4, 0.5) is 0 Å². The number of ether oxygens (including phenoxy) is 1. The monoisotopic (exact) mass is 411 g/mol. The minimum atomic E-state index is -3.42. The van der Waals surface area contributed by atoms with Gasteiger partial charge in [-0.15, -0.1) is 0 Å². The second kappa shape index (κ2) is 9.82. The lowest BCUT2D eigenvalue weighted by atomic mass is 9.96. The Morgan fingerprint density at radius 2 is 1.78 bits per heavy atom. The molecule has 1 aliphatic carbocycles. The van der Waals surface area contributed by atoms with E-state index >= 15 is 0 Å². The summed E-state index contributed by atoms with van der Waals surface area (Å²) in [6.07, 6.45) is 7.07. The zero-order valence-corrected chi connectivity index (χ0v) is 17.3. The molecule has 0 bridgehead atoms. The van der Waals surface area contributed by atoms with E-state index in [9.17, 15) is 8.42 Å². The summed E-state index contributed by atoms with van der Waals surface area (Å²) in [5.41, 5.74) is 1.09. The fourth-order valence-electron chi connectivity index (χ4n) is 3.57. The third-order valence-corrected chi connectivity index (χ3v) is 7.35. The molecule has 0 aromatic heterocycles. The largest absolute Gasteiger partial charge is 0.379 e. The van der Waals surface area contributed by atoms with Crippen LogP contribution in [0.1, 0.15) is 37.7 Å². The molecular weight excluding hydrogens is 382 g/mol. The quantitative estimate of drug-likeness (QED) is 0.698. The number of thiocarbonyl (C=S) groups is 1. The Balaban J connectivity index is 1.45. The van der Waals surface area contributed by atoms with Crippen molar-refractivity contribution in [3.63, 3.8) is 0 Å². The molecule has 0 amide bonds. The number of hydrogen-bond acceptors (Lipinski definition) is 4. The topological polar surface area (TPSA) is 70.7 Å². The molecule has 6 nitrogen and oxygen atoms in total. The molecule has 0 radical (unpaired) electrons. The summed E-state index contributed by atoms with van der Waals surface area (Å²) >= 11 is 5.37. The van der Waals surface area contributed by atoms with Gasteiger partial charge in [0.1, 0.15) is 0 Å². The van der Waals surface area contributed by atoms with E-state index in [4.69, 9.17) is 17.0 Å². The van der Waals surface area contributed by atoms with Crippen molar-refractivity contribution in [2.75, 3.05) is 32.8 Å². The maximum absolute atomic E-state index is 12.6. The van der Waals surface area contributed by atoms with Crippen molar-refractivity contribution in [3.8, 4) is 0 Å². The SMILES string of the molecule is O=S(=O)(c1ccc(CCNC(=S)NC2CCCCC2)cc1)N1CCOCC1. The van der Waals surface area contributed by atoms with Gasteiger partial charge in [0.2, 0.25) is 10.0 Å². The van der Waals surface area contributed by atoms with Crippen LogP contribution in [0, 0.1) is 0 Å². The number of rotatable bonds is 6. The van der Waals surface area contributed by atoms with E-state index < -0.39 is 10.0 Å². The van der Waals surface area contributed by atoms with Gasteiger partial charge in [0.25, 0.3) is 0 Å². The summed E-state index contributed by atoms with van der Waals surface area (Å²) < 4.78 is 32.0. The maximum atomic E-state index is 12.6. The molecule has 0 unspecified atom stereocenters. The van der Waals surface area contributed by atoms with Gasteiger partial charge in [-0.25, -0.2) is 8.42 Å². The van der Waals surface area contributed by atoms with Crippen LogP contribution in [-0.4, -0.2) is 56.7 Å². The van der Waals surface area contributed by atoms with Gasteiger partial charge in [-0.3, -0.25) is 0 Å². The van der Waals surface area contributed by atoms with Gasteiger partial charge in [0, 0.05) is 25.7 Å². The molecule has 1 aromatic carbocycles. The predicted molar refractivity (Wildman–Crippen MR) is 110 cm³/mol. The van der Waals surface area contributed by atoms with Crippen molar-refractivity contribution in [1.82, 2.24) is 14.9 Å². The van der Waals surface area contributed by atoms with E-state index in [2.05, 4.69) is 10.6 Å².